The van der Waals surface area contributed by atoms with Gasteiger partial charge in [0.15, 0.2) is 17.5 Å². The summed E-state index contributed by atoms with van der Waals surface area (Å²) in [5.41, 5.74) is 7.55. The molecule has 12 aromatic rings. The SMILES string of the molecule is c1ccc(-c2nc(-c3ccc4c(c3)sc3ccccc34)nc(-c3cc(-n4c5ccccc5c5cc6ccccc6cc54)cc4oc5ccccc5c34)n2)cc1. The summed E-state index contributed by atoms with van der Waals surface area (Å²) >= 11 is 1.79. The van der Waals surface area contributed by atoms with Gasteiger partial charge >= 0.3 is 0 Å². The van der Waals surface area contributed by atoms with E-state index in [1.807, 2.05) is 30.3 Å². The van der Waals surface area contributed by atoms with E-state index in [1.165, 1.54) is 41.7 Å². The Kier molecular flexibility index (Phi) is 6.44. The Morgan fingerprint density at radius 3 is 1.96 bits per heavy atom. The second-order valence-corrected chi connectivity index (χ2v) is 15.1. The van der Waals surface area contributed by atoms with Crippen molar-refractivity contribution in [2.45, 2.75) is 0 Å². The first-order valence-corrected chi connectivity index (χ1v) is 19.2. The predicted octanol–water partition coefficient (Wildman–Crippen LogP) is 13.4. The van der Waals surface area contributed by atoms with Crippen molar-refractivity contribution in [3.8, 4) is 39.9 Å². The molecule has 5 nitrogen and oxygen atoms in total. The maximum atomic E-state index is 6.67. The third-order valence-corrected chi connectivity index (χ3v) is 11.9. The van der Waals surface area contributed by atoms with Crippen LogP contribution < -0.4 is 0 Å². The van der Waals surface area contributed by atoms with Crippen LogP contribution >= 0.6 is 11.3 Å². The highest BCUT2D eigenvalue weighted by molar-refractivity contribution is 7.25. The molecule has 0 atom stereocenters. The molecule has 8 aromatic carbocycles. The fourth-order valence-corrected chi connectivity index (χ4v) is 9.43. The first-order chi connectivity index (χ1) is 27.2. The van der Waals surface area contributed by atoms with Crippen molar-refractivity contribution in [3.63, 3.8) is 0 Å². The number of furan rings is 1. The molecule has 0 aliphatic heterocycles. The van der Waals surface area contributed by atoms with Crippen LogP contribution in [0, 0.1) is 0 Å². The van der Waals surface area contributed by atoms with Crippen LogP contribution in [0.3, 0.4) is 0 Å². The molecule has 55 heavy (non-hydrogen) atoms. The molecular weight excluding hydrogens is 693 g/mol. The van der Waals surface area contributed by atoms with Crippen LogP contribution in [0.15, 0.2) is 174 Å². The largest absolute Gasteiger partial charge is 0.456 e. The summed E-state index contributed by atoms with van der Waals surface area (Å²) in [6.07, 6.45) is 0. The summed E-state index contributed by atoms with van der Waals surface area (Å²) in [5, 5.41) is 9.29. The minimum atomic E-state index is 0.588. The van der Waals surface area contributed by atoms with Gasteiger partial charge in [-0.15, -0.1) is 11.3 Å². The average Bonchev–Trinajstić information content (AvgIpc) is 3.91. The van der Waals surface area contributed by atoms with E-state index in [0.717, 1.165) is 55.3 Å². The molecule has 0 bridgehead atoms. The molecule has 4 heterocycles. The second-order valence-electron chi connectivity index (χ2n) is 14.0. The first-order valence-electron chi connectivity index (χ1n) is 18.3. The zero-order valence-corrected chi connectivity index (χ0v) is 30.1. The molecule has 12 rings (SSSR count). The molecule has 6 heteroatoms. The number of hydrogen-bond donors (Lipinski definition) is 0. The Labute approximate surface area is 318 Å². The predicted molar refractivity (Wildman–Crippen MR) is 228 cm³/mol. The van der Waals surface area contributed by atoms with Crippen molar-refractivity contribution in [2.24, 2.45) is 0 Å². The van der Waals surface area contributed by atoms with E-state index in [2.05, 4.69) is 144 Å². The lowest BCUT2D eigenvalue weighted by Gasteiger charge is -2.13. The van der Waals surface area contributed by atoms with Gasteiger partial charge in [-0.25, -0.2) is 15.0 Å². The number of benzene rings is 8. The van der Waals surface area contributed by atoms with Gasteiger partial charge in [-0.2, -0.15) is 0 Å². The smallest absolute Gasteiger partial charge is 0.164 e. The molecule has 0 saturated carbocycles. The quantitative estimate of drug-likeness (QED) is 0.182. The van der Waals surface area contributed by atoms with Crippen LogP contribution in [-0.2, 0) is 0 Å². The van der Waals surface area contributed by atoms with Crippen LogP contribution in [0.2, 0.25) is 0 Å². The molecule has 4 aromatic heterocycles. The van der Waals surface area contributed by atoms with Gasteiger partial charge in [-0.05, 0) is 53.2 Å². The van der Waals surface area contributed by atoms with Crippen molar-refractivity contribution < 1.29 is 4.42 Å². The summed E-state index contributed by atoms with van der Waals surface area (Å²) < 4.78 is 11.5. The Morgan fingerprint density at radius 1 is 0.418 bits per heavy atom. The zero-order valence-electron chi connectivity index (χ0n) is 29.3. The highest BCUT2D eigenvalue weighted by Gasteiger charge is 2.22. The topological polar surface area (TPSA) is 56.7 Å². The lowest BCUT2D eigenvalue weighted by Crippen LogP contribution is -2.01. The molecule has 0 N–H and O–H groups in total. The lowest BCUT2D eigenvalue weighted by atomic mass is 10.0. The van der Waals surface area contributed by atoms with E-state index in [0.29, 0.717) is 17.5 Å². The van der Waals surface area contributed by atoms with E-state index in [9.17, 15) is 0 Å². The highest BCUT2D eigenvalue weighted by Crippen LogP contribution is 2.42. The molecule has 0 saturated heterocycles. The van der Waals surface area contributed by atoms with Gasteiger partial charge < -0.3 is 8.98 Å². The van der Waals surface area contributed by atoms with Gasteiger partial charge in [0, 0.05) is 64.5 Å². The number of aromatic nitrogens is 4. The summed E-state index contributed by atoms with van der Waals surface area (Å²) in [6.45, 7) is 0. The normalized spacial score (nSPS) is 12.0. The van der Waals surface area contributed by atoms with E-state index < -0.39 is 0 Å². The molecule has 0 radical (unpaired) electrons. The van der Waals surface area contributed by atoms with Gasteiger partial charge in [-0.3, -0.25) is 0 Å². The standard InChI is InChI=1S/C49H28N4OS/c1-2-12-29(13-3-1)47-50-48(32-22-23-36-35-17-8-11-21-44(35)55-45(36)26-32)52-49(51-47)39-27-33(28-43-46(39)37-18-7-10-20-42(37)54-43)53-40-19-9-6-16-34(40)38-24-30-14-4-5-15-31(30)25-41(38)53/h1-28H. The highest BCUT2D eigenvalue weighted by atomic mass is 32.1. The van der Waals surface area contributed by atoms with Crippen molar-refractivity contribution in [1.29, 1.82) is 0 Å². The Hall–Kier alpha value is -7.15. The molecule has 0 amide bonds. The zero-order chi connectivity index (χ0) is 36.0. The molecule has 0 aliphatic rings. The van der Waals surface area contributed by atoms with Gasteiger partial charge in [0.05, 0.1) is 16.7 Å². The molecule has 0 spiro atoms. The number of para-hydroxylation sites is 2. The number of thiophene rings is 1. The van der Waals surface area contributed by atoms with E-state index in [-0.39, 0.29) is 0 Å². The number of hydrogen-bond acceptors (Lipinski definition) is 5. The summed E-state index contributed by atoms with van der Waals surface area (Å²) in [7, 11) is 0. The molecular formula is C49H28N4OS. The lowest BCUT2D eigenvalue weighted by molar-refractivity contribution is 0.668. The van der Waals surface area contributed by atoms with Crippen LogP contribution in [0.5, 0.6) is 0 Å². The fourth-order valence-electron chi connectivity index (χ4n) is 8.29. The maximum Gasteiger partial charge on any atom is 0.164 e. The molecule has 0 aliphatic carbocycles. The van der Waals surface area contributed by atoms with Crippen LogP contribution in [-0.4, -0.2) is 19.5 Å². The average molecular weight is 721 g/mol. The fraction of sp³-hybridized carbons (Fsp3) is 0. The summed E-state index contributed by atoms with van der Waals surface area (Å²) in [4.78, 5) is 15.7. The van der Waals surface area contributed by atoms with E-state index in [1.54, 1.807) is 11.3 Å². The first kappa shape index (κ1) is 30.3. The Morgan fingerprint density at radius 2 is 1.09 bits per heavy atom. The van der Waals surface area contributed by atoms with Gasteiger partial charge in [-0.1, -0.05) is 121 Å². The Balaban J connectivity index is 1.16. The number of nitrogens with zero attached hydrogens (tertiary/aromatic N) is 4. The second kappa shape index (κ2) is 11.7. The summed E-state index contributed by atoms with van der Waals surface area (Å²) in [6, 6.07) is 59.7. The van der Waals surface area contributed by atoms with E-state index >= 15 is 0 Å². The van der Waals surface area contributed by atoms with Gasteiger partial charge in [0.2, 0.25) is 0 Å². The molecule has 256 valence electrons. The number of rotatable bonds is 4. The number of fused-ring (bicyclic) bond motifs is 10. The monoisotopic (exact) mass is 720 g/mol. The minimum Gasteiger partial charge on any atom is -0.456 e. The van der Waals surface area contributed by atoms with Crippen molar-refractivity contribution in [2.75, 3.05) is 0 Å². The third kappa shape index (κ3) is 4.68. The maximum absolute atomic E-state index is 6.67. The van der Waals surface area contributed by atoms with Gasteiger partial charge in [0.25, 0.3) is 0 Å². The van der Waals surface area contributed by atoms with Crippen LogP contribution in [0.4, 0.5) is 0 Å². The van der Waals surface area contributed by atoms with Crippen molar-refractivity contribution >= 4 is 86.0 Å². The Bertz CT molecular complexity index is 3500. The van der Waals surface area contributed by atoms with Crippen molar-refractivity contribution in [1.82, 2.24) is 19.5 Å². The molecule has 0 unspecified atom stereocenters. The van der Waals surface area contributed by atoms with Crippen LogP contribution in [0.1, 0.15) is 0 Å². The van der Waals surface area contributed by atoms with Crippen LogP contribution in [0.25, 0.3) is 115 Å². The van der Waals surface area contributed by atoms with E-state index in [4.69, 9.17) is 19.4 Å². The molecule has 0 fully saturated rings. The third-order valence-electron chi connectivity index (χ3n) is 10.8. The van der Waals surface area contributed by atoms with Crippen molar-refractivity contribution in [3.05, 3.63) is 170 Å². The summed E-state index contributed by atoms with van der Waals surface area (Å²) in [5.74, 6) is 1.83. The minimum absolute atomic E-state index is 0.588. The van der Waals surface area contributed by atoms with Gasteiger partial charge in [0.1, 0.15) is 11.2 Å².